The lowest BCUT2D eigenvalue weighted by molar-refractivity contribution is 0.284. The number of aryl methyl sites for hydroxylation is 1. The summed E-state index contributed by atoms with van der Waals surface area (Å²) in [6, 6.07) is 12.1. The zero-order valence-corrected chi connectivity index (χ0v) is 16.8. The molecule has 0 aliphatic heterocycles. The van der Waals surface area contributed by atoms with E-state index in [0.717, 1.165) is 30.6 Å². The Morgan fingerprint density at radius 1 is 1.00 bits per heavy atom. The normalized spacial score (nSPS) is 10.8. The van der Waals surface area contributed by atoms with Gasteiger partial charge in [-0.05, 0) is 49.7 Å². The number of halogens is 1. The molecule has 148 valence electrons. The predicted molar refractivity (Wildman–Crippen MR) is 110 cm³/mol. The van der Waals surface area contributed by atoms with E-state index in [2.05, 4.69) is 29.7 Å². The molecular weight excluding hydrogens is 364 g/mol. The highest BCUT2D eigenvalue weighted by atomic mass is 35.5. The third kappa shape index (κ3) is 7.39. The highest BCUT2D eigenvalue weighted by molar-refractivity contribution is 6.32. The van der Waals surface area contributed by atoms with Crippen LogP contribution in [0, 0.1) is 6.92 Å². The van der Waals surface area contributed by atoms with Gasteiger partial charge in [-0.15, -0.1) is 0 Å². The van der Waals surface area contributed by atoms with E-state index in [1.807, 2.05) is 24.3 Å². The standard InChI is InChI=1S/C21H29ClN2O3/c1-16-4-6-17(7-5-16)15-27-21-19(22)12-18(13-20(21)26-2)14-24-9-3-8-23-10-11-25/h4-7,12-13,23-25H,3,8-11,14-15H2,1-2H3. The number of hydrogen-bond donors (Lipinski definition) is 3. The Labute approximate surface area is 166 Å². The molecule has 2 aromatic rings. The molecule has 0 fully saturated rings. The summed E-state index contributed by atoms with van der Waals surface area (Å²) in [5, 5.41) is 15.8. The third-order valence-corrected chi connectivity index (χ3v) is 4.40. The summed E-state index contributed by atoms with van der Waals surface area (Å²) in [7, 11) is 1.62. The molecule has 27 heavy (non-hydrogen) atoms. The van der Waals surface area contributed by atoms with Crippen molar-refractivity contribution in [3.63, 3.8) is 0 Å². The van der Waals surface area contributed by atoms with Crippen molar-refractivity contribution in [3.05, 3.63) is 58.1 Å². The lowest BCUT2D eigenvalue weighted by Gasteiger charge is -2.15. The molecule has 0 aromatic heterocycles. The van der Waals surface area contributed by atoms with Crippen LogP contribution in [-0.2, 0) is 13.2 Å². The van der Waals surface area contributed by atoms with E-state index in [0.29, 0.717) is 36.2 Å². The molecule has 3 N–H and O–H groups in total. The summed E-state index contributed by atoms with van der Waals surface area (Å²) in [5.74, 6) is 1.20. The van der Waals surface area contributed by atoms with Gasteiger partial charge in [-0.2, -0.15) is 0 Å². The van der Waals surface area contributed by atoms with Gasteiger partial charge in [0.25, 0.3) is 0 Å². The monoisotopic (exact) mass is 392 g/mol. The van der Waals surface area contributed by atoms with Crippen LogP contribution in [-0.4, -0.2) is 38.5 Å². The third-order valence-electron chi connectivity index (χ3n) is 4.12. The molecular formula is C21H29ClN2O3. The van der Waals surface area contributed by atoms with Crippen LogP contribution < -0.4 is 20.1 Å². The van der Waals surface area contributed by atoms with Crippen LogP contribution in [0.5, 0.6) is 11.5 Å². The van der Waals surface area contributed by atoms with Gasteiger partial charge < -0.3 is 25.2 Å². The van der Waals surface area contributed by atoms with Crippen LogP contribution in [0.2, 0.25) is 5.02 Å². The van der Waals surface area contributed by atoms with Gasteiger partial charge in [0.1, 0.15) is 6.61 Å². The summed E-state index contributed by atoms with van der Waals surface area (Å²) in [6.07, 6.45) is 0.989. The van der Waals surface area contributed by atoms with Gasteiger partial charge in [0.15, 0.2) is 11.5 Å². The summed E-state index contributed by atoms with van der Waals surface area (Å²) in [6.45, 7) is 5.76. The van der Waals surface area contributed by atoms with E-state index in [1.165, 1.54) is 5.56 Å². The van der Waals surface area contributed by atoms with Crippen molar-refractivity contribution >= 4 is 11.6 Å². The van der Waals surface area contributed by atoms with Crippen LogP contribution in [0.3, 0.4) is 0 Å². The number of rotatable bonds is 12. The van der Waals surface area contributed by atoms with E-state index in [9.17, 15) is 0 Å². The van der Waals surface area contributed by atoms with Crippen LogP contribution in [0.25, 0.3) is 0 Å². The van der Waals surface area contributed by atoms with Gasteiger partial charge in [0.05, 0.1) is 18.7 Å². The van der Waals surface area contributed by atoms with Gasteiger partial charge >= 0.3 is 0 Å². The molecule has 0 spiro atoms. The fraction of sp³-hybridized carbons (Fsp3) is 0.429. The van der Waals surface area contributed by atoms with E-state index in [4.69, 9.17) is 26.2 Å². The Balaban J connectivity index is 1.88. The van der Waals surface area contributed by atoms with Crippen LogP contribution in [0.4, 0.5) is 0 Å². The molecule has 0 radical (unpaired) electrons. The highest BCUT2D eigenvalue weighted by Crippen LogP contribution is 2.37. The van der Waals surface area contributed by atoms with Crippen LogP contribution in [0.15, 0.2) is 36.4 Å². The minimum absolute atomic E-state index is 0.171. The van der Waals surface area contributed by atoms with Crippen LogP contribution in [0.1, 0.15) is 23.1 Å². The summed E-state index contributed by atoms with van der Waals surface area (Å²) in [4.78, 5) is 0. The average Bonchev–Trinajstić information content (AvgIpc) is 2.67. The number of hydrogen-bond acceptors (Lipinski definition) is 5. The van der Waals surface area contributed by atoms with Crippen LogP contribution >= 0.6 is 11.6 Å². The van der Waals surface area contributed by atoms with Crippen molar-refractivity contribution in [2.45, 2.75) is 26.5 Å². The highest BCUT2D eigenvalue weighted by Gasteiger charge is 2.12. The second-order valence-electron chi connectivity index (χ2n) is 6.39. The zero-order chi connectivity index (χ0) is 19.5. The Hall–Kier alpha value is -1.79. The molecule has 0 saturated heterocycles. The van der Waals surface area contributed by atoms with Crippen molar-refractivity contribution < 1.29 is 14.6 Å². The first-order valence-electron chi connectivity index (χ1n) is 9.21. The summed E-state index contributed by atoms with van der Waals surface area (Å²) < 4.78 is 11.4. The van der Waals surface area contributed by atoms with E-state index >= 15 is 0 Å². The summed E-state index contributed by atoms with van der Waals surface area (Å²) in [5.41, 5.74) is 3.34. The average molecular weight is 393 g/mol. The molecule has 0 heterocycles. The lowest BCUT2D eigenvalue weighted by atomic mass is 10.1. The minimum Gasteiger partial charge on any atom is -0.493 e. The van der Waals surface area contributed by atoms with E-state index in [-0.39, 0.29) is 6.61 Å². The number of ether oxygens (including phenoxy) is 2. The molecule has 0 bridgehead atoms. The predicted octanol–water partition coefficient (Wildman–Crippen LogP) is 3.30. The smallest absolute Gasteiger partial charge is 0.180 e. The molecule has 2 aromatic carbocycles. The maximum absolute atomic E-state index is 8.72. The Morgan fingerprint density at radius 2 is 1.74 bits per heavy atom. The molecule has 5 nitrogen and oxygen atoms in total. The number of methoxy groups -OCH3 is 1. The Kier molecular flexibility index (Phi) is 9.42. The van der Waals surface area contributed by atoms with Gasteiger partial charge in [-0.1, -0.05) is 41.4 Å². The minimum atomic E-state index is 0.171. The molecule has 0 aliphatic carbocycles. The molecule has 2 rings (SSSR count). The number of nitrogens with one attached hydrogen (secondary N) is 2. The first-order chi connectivity index (χ1) is 13.1. The fourth-order valence-electron chi connectivity index (χ4n) is 2.63. The van der Waals surface area contributed by atoms with Gasteiger partial charge in [-0.3, -0.25) is 0 Å². The molecule has 0 saturated carbocycles. The van der Waals surface area contributed by atoms with Gasteiger partial charge in [0.2, 0.25) is 0 Å². The Bertz CT molecular complexity index is 693. The lowest BCUT2D eigenvalue weighted by Crippen LogP contribution is -2.23. The van der Waals surface area contributed by atoms with Gasteiger partial charge in [0, 0.05) is 13.1 Å². The maximum atomic E-state index is 8.72. The first kappa shape index (κ1) is 21.5. The molecule has 6 heteroatoms. The number of benzene rings is 2. The molecule has 0 unspecified atom stereocenters. The maximum Gasteiger partial charge on any atom is 0.180 e. The second kappa shape index (κ2) is 11.8. The largest absolute Gasteiger partial charge is 0.493 e. The van der Waals surface area contributed by atoms with E-state index in [1.54, 1.807) is 7.11 Å². The van der Waals surface area contributed by atoms with Crippen molar-refractivity contribution in [1.82, 2.24) is 10.6 Å². The van der Waals surface area contributed by atoms with Crippen molar-refractivity contribution in [1.29, 1.82) is 0 Å². The SMILES string of the molecule is COc1cc(CNCCCNCCO)cc(Cl)c1OCc1ccc(C)cc1. The van der Waals surface area contributed by atoms with Gasteiger partial charge in [-0.25, -0.2) is 0 Å². The van der Waals surface area contributed by atoms with Crippen molar-refractivity contribution in [2.75, 3.05) is 33.4 Å². The molecule has 0 amide bonds. The van der Waals surface area contributed by atoms with E-state index < -0.39 is 0 Å². The first-order valence-corrected chi connectivity index (χ1v) is 9.59. The topological polar surface area (TPSA) is 62.8 Å². The second-order valence-corrected chi connectivity index (χ2v) is 6.79. The molecule has 0 aliphatic rings. The zero-order valence-electron chi connectivity index (χ0n) is 16.1. The fourth-order valence-corrected chi connectivity index (χ4v) is 2.92. The van der Waals surface area contributed by atoms with Crippen molar-refractivity contribution in [2.24, 2.45) is 0 Å². The van der Waals surface area contributed by atoms with Crippen molar-refractivity contribution in [3.8, 4) is 11.5 Å². The quantitative estimate of drug-likeness (QED) is 0.484. The summed E-state index contributed by atoms with van der Waals surface area (Å²) >= 11 is 6.44. The molecule has 0 atom stereocenters. The number of aliphatic hydroxyl groups excluding tert-OH is 1. The Morgan fingerprint density at radius 3 is 2.44 bits per heavy atom. The number of aliphatic hydroxyl groups is 1.